The summed E-state index contributed by atoms with van der Waals surface area (Å²) >= 11 is 0. The zero-order valence-corrected chi connectivity index (χ0v) is 30.3. The molecule has 2 aliphatic rings. The summed E-state index contributed by atoms with van der Waals surface area (Å²) in [5.41, 5.74) is 14.0. The van der Waals surface area contributed by atoms with Crippen molar-refractivity contribution in [2.75, 3.05) is 4.90 Å². The van der Waals surface area contributed by atoms with Crippen LogP contribution in [0.25, 0.3) is 55.0 Å². The fourth-order valence-corrected chi connectivity index (χ4v) is 9.44. The molecule has 262 valence electrons. The molecule has 0 radical (unpaired) electrons. The van der Waals surface area contributed by atoms with E-state index in [-0.39, 0.29) is 0 Å². The lowest BCUT2D eigenvalue weighted by molar-refractivity contribution is 0.436. The van der Waals surface area contributed by atoms with Crippen LogP contribution in [0.3, 0.4) is 0 Å². The summed E-state index contributed by atoms with van der Waals surface area (Å²) in [6.07, 6.45) is 0. The minimum atomic E-state index is -0.607. The fraction of sp³-hybridized carbons (Fsp3) is 0.0189. The third-order valence-electron chi connectivity index (χ3n) is 11.9. The van der Waals surface area contributed by atoms with Crippen molar-refractivity contribution in [1.82, 2.24) is 0 Å². The zero-order valence-electron chi connectivity index (χ0n) is 30.3. The van der Waals surface area contributed by atoms with Crippen molar-refractivity contribution in [3.8, 4) is 33.8 Å². The molecule has 1 aliphatic carbocycles. The predicted molar refractivity (Wildman–Crippen MR) is 229 cm³/mol. The van der Waals surface area contributed by atoms with Crippen LogP contribution in [0, 0.1) is 0 Å². The lowest BCUT2D eigenvalue weighted by Crippen LogP contribution is -2.32. The van der Waals surface area contributed by atoms with E-state index in [4.69, 9.17) is 9.15 Å². The van der Waals surface area contributed by atoms with Crippen LogP contribution in [-0.4, -0.2) is 0 Å². The van der Waals surface area contributed by atoms with Crippen LogP contribution < -0.4 is 9.64 Å². The average Bonchev–Trinajstić information content (AvgIpc) is 3.76. The van der Waals surface area contributed by atoms with E-state index in [1.165, 1.54) is 44.2 Å². The number of hydrogen-bond acceptors (Lipinski definition) is 3. The summed E-state index contributed by atoms with van der Waals surface area (Å²) in [5.74, 6) is 1.77. The van der Waals surface area contributed by atoms with Gasteiger partial charge in [-0.05, 0) is 117 Å². The Kier molecular flexibility index (Phi) is 6.55. The van der Waals surface area contributed by atoms with E-state index in [0.29, 0.717) is 0 Å². The summed E-state index contributed by atoms with van der Waals surface area (Å²) in [4.78, 5) is 2.39. The second-order valence-corrected chi connectivity index (χ2v) is 14.8. The second-order valence-electron chi connectivity index (χ2n) is 14.8. The zero-order chi connectivity index (χ0) is 36.8. The molecular formula is C53H33NO2. The maximum Gasteiger partial charge on any atom is 0.135 e. The van der Waals surface area contributed by atoms with Crippen LogP contribution in [0.4, 0.5) is 17.1 Å². The molecule has 2 heterocycles. The molecule has 12 rings (SSSR count). The predicted octanol–water partition coefficient (Wildman–Crippen LogP) is 14.3. The van der Waals surface area contributed by atoms with Crippen molar-refractivity contribution in [3.05, 3.63) is 222 Å². The Morgan fingerprint density at radius 3 is 1.71 bits per heavy atom. The van der Waals surface area contributed by atoms with Gasteiger partial charge in [-0.1, -0.05) is 127 Å². The van der Waals surface area contributed by atoms with Gasteiger partial charge in [-0.25, -0.2) is 0 Å². The molecule has 0 bridgehead atoms. The topological polar surface area (TPSA) is 25.6 Å². The Morgan fingerprint density at radius 1 is 0.357 bits per heavy atom. The summed E-state index contributed by atoms with van der Waals surface area (Å²) in [5, 5.41) is 4.65. The maximum absolute atomic E-state index is 6.69. The minimum Gasteiger partial charge on any atom is -0.457 e. The highest BCUT2D eigenvalue weighted by Crippen LogP contribution is 2.63. The molecule has 9 aromatic carbocycles. The number of hydrogen-bond donors (Lipinski definition) is 0. The number of ether oxygens (including phenoxy) is 1. The molecule has 10 aromatic rings. The standard InChI is InChI=1S/C53H33NO2/c1-2-12-34(13-3-1)35-22-24-38(25-23-35)54(39-27-29-50-44(32-39)42-16-6-9-19-49(42)55-50)40-26-28-41-43-30-36-14-4-5-15-37(36)31-47(43)53(48(41)33-40)45-17-7-10-20-51(45)56-52-21-11-8-18-46(52)53/h1-33H. The number of rotatable bonds is 4. The molecule has 0 fully saturated rings. The number of fused-ring (bicyclic) bond motifs is 13. The third-order valence-corrected chi connectivity index (χ3v) is 11.9. The van der Waals surface area contributed by atoms with Gasteiger partial charge in [0.05, 0.1) is 5.41 Å². The summed E-state index contributed by atoms with van der Waals surface area (Å²) in [6.45, 7) is 0. The van der Waals surface area contributed by atoms with E-state index in [2.05, 4.69) is 193 Å². The Hall–Kier alpha value is -7.36. The number of benzene rings is 9. The van der Waals surface area contributed by atoms with Gasteiger partial charge < -0.3 is 14.1 Å². The van der Waals surface area contributed by atoms with E-state index >= 15 is 0 Å². The van der Waals surface area contributed by atoms with E-state index in [9.17, 15) is 0 Å². The second kappa shape index (κ2) is 11.8. The lowest BCUT2D eigenvalue weighted by Gasteiger charge is -2.39. The SMILES string of the molecule is c1ccc(-c2ccc(N(c3ccc4c(c3)C3(c5ccccc5Oc5ccccc53)c3cc5ccccc5cc3-4)c3ccc4oc5ccccc5c4c3)cc2)cc1. The lowest BCUT2D eigenvalue weighted by atomic mass is 9.66. The molecule has 3 heteroatoms. The van der Waals surface area contributed by atoms with Crippen molar-refractivity contribution >= 4 is 49.8 Å². The van der Waals surface area contributed by atoms with Crippen LogP contribution in [0.1, 0.15) is 22.3 Å². The number of anilines is 3. The number of para-hydroxylation sites is 3. The average molecular weight is 716 g/mol. The molecule has 0 unspecified atom stereocenters. The van der Waals surface area contributed by atoms with Gasteiger partial charge >= 0.3 is 0 Å². The van der Waals surface area contributed by atoms with Gasteiger partial charge in [-0.2, -0.15) is 0 Å². The molecule has 0 N–H and O–H groups in total. The smallest absolute Gasteiger partial charge is 0.135 e. The Morgan fingerprint density at radius 2 is 0.929 bits per heavy atom. The van der Waals surface area contributed by atoms with Crippen molar-refractivity contribution in [3.63, 3.8) is 0 Å². The first kappa shape index (κ1) is 31.0. The van der Waals surface area contributed by atoms with Gasteiger partial charge in [0.1, 0.15) is 22.7 Å². The monoisotopic (exact) mass is 715 g/mol. The summed E-state index contributed by atoms with van der Waals surface area (Å²) in [6, 6.07) is 72.1. The largest absolute Gasteiger partial charge is 0.457 e. The molecule has 1 spiro atoms. The molecule has 1 aromatic heterocycles. The van der Waals surface area contributed by atoms with E-state index in [1.807, 2.05) is 12.1 Å². The Bertz CT molecular complexity index is 3130. The fourth-order valence-electron chi connectivity index (χ4n) is 9.44. The van der Waals surface area contributed by atoms with Crippen molar-refractivity contribution < 1.29 is 9.15 Å². The highest BCUT2D eigenvalue weighted by molar-refractivity contribution is 6.07. The molecule has 0 saturated heterocycles. The summed E-state index contributed by atoms with van der Waals surface area (Å²) < 4.78 is 13.0. The molecule has 0 saturated carbocycles. The van der Waals surface area contributed by atoms with Gasteiger partial charge in [0.2, 0.25) is 0 Å². The van der Waals surface area contributed by atoms with Crippen LogP contribution >= 0.6 is 0 Å². The maximum atomic E-state index is 6.69. The molecule has 0 amide bonds. The first-order valence-corrected chi connectivity index (χ1v) is 19.2. The molecule has 56 heavy (non-hydrogen) atoms. The Labute approximate surface area is 324 Å². The van der Waals surface area contributed by atoms with Gasteiger partial charge in [0, 0.05) is 39.0 Å². The van der Waals surface area contributed by atoms with E-state index in [1.54, 1.807) is 0 Å². The highest BCUT2D eigenvalue weighted by atomic mass is 16.5. The third kappa shape index (κ3) is 4.40. The normalized spacial score (nSPS) is 13.3. The van der Waals surface area contributed by atoms with Crippen LogP contribution in [0.5, 0.6) is 11.5 Å². The minimum absolute atomic E-state index is 0.607. The quantitative estimate of drug-likeness (QED) is 0.181. The van der Waals surface area contributed by atoms with Crippen molar-refractivity contribution in [2.24, 2.45) is 0 Å². The van der Waals surface area contributed by atoms with E-state index in [0.717, 1.165) is 61.6 Å². The van der Waals surface area contributed by atoms with Crippen LogP contribution in [-0.2, 0) is 5.41 Å². The number of furan rings is 1. The Balaban J connectivity index is 1.14. The molecular weight excluding hydrogens is 683 g/mol. The van der Waals surface area contributed by atoms with Crippen LogP contribution in [0.2, 0.25) is 0 Å². The van der Waals surface area contributed by atoms with E-state index < -0.39 is 5.41 Å². The first-order valence-electron chi connectivity index (χ1n) is 19.2. The van der Waals surface area contributed by atoms with Gasteiger partial charge in [-0.15, -0.1) is 0 Å². The molecule has 1 aliphatic heterocycles. The summed E-state index contributed by atoms with van der Waals surface area (Å²) in [7, 11) is 0. The van der Waals surface area contributed by atoms with Gasteiger partial charge in [0.25, 0.3) is 0 Å². The van der Waals surface area contributed by atoms with Crippen molar-refractivity contribution in [2.45, 2.75) is 5.41 Å². The van der Waals surface area contributed by atoms with Gasteiger partial charge in [-0.3, -0.25) is 0 Å². The first-order chi connectivity index (χ1) is 27.7. The molecule has 0 atom stereocenters. The highest BCUT2D eigenvalue weighted by Gasteiger charge is 2.51. The molecule has 3 nitrogen and oxygen atoms in total. The van der Waals surface area contributed by atoms with Gasteiger partial charge in [0.15, 0.2) is 0 Å². The van der Waals surface area contributed by atoms with Crippen molar-refractivity contribution in [1.29, 1.82) is 0 Å². The number of nitrogens with zero attached hydrogens (tertiary/aromatic N) is 1. The van der Waals surface area contributed by atoms with Crippen LogP contribution in [0.15, 0.2) is 205 Å².